The van der Waals surface area contributed by atoms with Crippen LogP contribution < -0.4 is 5.32 Å². The molecule has 28 heavy (non-hydrogen) atoms. The molecule has 0 aliphatic carbocycles. The van der Waals surface area contributed by atoms with Crippen LogP contribution in [0.25, 0.3) is 16.9 Å². The van der Waals surface area contributed by atoms with E-state index in [1.807, 2.05) is 50.2 Å². The number of benzene rings is 2. The lowest BCUT2D eigenvalue weighted by Crippen LogP contribution is -2.16. The van der Waals surface area contributed by atoms with Crippen LogP contribution in [-0.4, -0.2) is 15.3 Å². The fraction of sp³-hybridized carbons (Fsp3) is 0.0909. The van der Waals surface area contributed by atoms with Crippen molar-refractivity contribution in [1.82, 2.24) is 9.38 Å². The molecule has 1 N–H and O–H groups in total. The van der Waals surface area contributed by atoms with Crippen molar-refractivity contribution in [3.05, 3.63) is 89.2 Å². The molecule has 0 saturated heterocycles. The molecule has 0 bridgehead atoms. The van der Waals surface area contributed by atoms with Crippen LogP contribution in [0.2, 0.25) is 0 Å². The highest BCUT2D eigenvalue weighted by molar-refractivity contribution is 6.07. The molecular formula is C22H17F2N3O. The van der Waals surface area contributed by atoms with Gasteiger partial charge in [-0.3, -0.25) is 9.20 Å². The van der Waals surface area contributed by atoms with E-state index in [1.54, 1.807) is 10.6 Å². The standard InChI is InChI=1S/C22H17F2N3O/c1-13-3-6-15(7-4-13)20-21(27-12-14(2)5-10-19(27)26-20)22(28)25-18-9-8-16(23)11-17(18)24/h3-12H,1-2H3,(H,25,28). The highest BCUT2D eigenvalue weighted by Crippen LogP contribution is 2.27. The highest BCUT2D eigenvalue weighted by Gasteiger charge is 2.22. The van der Waals surface area contributed by atoms with Gasteiger partial charge in [-0.25, -0.2) is 13.8 Å². The molecule has 0 unspecified atom stereocenters. The van der Waals surface area contributed by atoms with Crippen LogP contribution in [0.15, 0.2) is 60.8 Å². The average Bonchev–Trinajstić information content (AvgIpc) is 3.03. The Morgan fingerprint density at radius 2 is 1.68 bits per heavy atom. The number of carbonyl (C=O) groups excluding carboxylic acids is 1. The van der Waals surface area contributed by atoms with Crippen molar-refractivity contribution in [2.45, 2.75) is 13.8 Å². The van der Waals surface area contributed by atoms with Crippen LogP contribution in [0.4, 0.5) is 14.5 Å². The van der Waals surface area contributed by atoms with Crippen molar-refractivity contribution in [2.75, 3.05) is 5.32 Å². The molecule has 0 spiro atoms. The number of amides is 1. The van der Waals surface area contributed by atoms with E-state index >= 15 is 0 Å². The number of nitrogens with zero attached hydrogens (tertiary/aromatic N) is 2. The van der Waals surface area contributed by atoms with E-state index in [0.717, 1.165) is 28.8 Å². The number of aryl methyl sites for hydroxylation is 2. The molecule has 0 atom stereocenters. The molecule has 0 aliphatic heterocycles. The summed E-state index contributed by atoms with van der Waals surface area (Å²) < 4.78 is 28.9. The Hall–Kier alpha value is -3.54. The maximum absolute atomic E-state index is 14.0. The zero-order valence-electron chi connectivity index (χ0n) is 15.3. The third-order valence-electron chi connectivity index (χ3n) is 4.49. The molecule has 1 amide bonds. The average molecular weight is 377 g/mol. The zero-order valence-corrected chi connectivity index (χ0v) is 15.3. The maximum Gasteiger partial charge on any atom is 0.275 e. The molecule has 0 saturated carbocycles. The summed E-state index contributed by atoms with van der Waals surface area (Å²) in [6.07, 6.45) is 1.80. The first kappa shape index (κ1) is 17.9. The van der Waals surface area contributed by atoms with E-state index in [4.69, 9.17) is 0 Å². The first-order valence-corrected chi connectivity index (χ1v) is 8.74. The summed E-state index contributed by atoms with van der Waals surface area (Å²) in [7, 11) is 0. The molecule has 2 aromatic heterocycles. The number of nitrogens with one attached hydrogen (secondary N) is 1. The van der Waals surface area contributed by atoms with Crippen molar-refractivity contribution >= 4 is 17.2 Å². The number of pyridine rings is 1. The Bertz CT molecular complexity index is 1200. The quantitative estimate of drug-likeness (QED) is 0.537. The largest absolute Gasteiger partial charge is 0.318 e. The minimum absolute atomic E-state index is 0.0936. The Balaban J connectivity index is 1.85. The van der Waals surface area contributed by atoms with E-state index < -0.39 is 17.5 Å². The van der Waals surface area contributed by atoms with Crippen LogP contribution >= 0.6 is 0 Å². The second kappa shape index (κ2) is 6.88. The minimum Gasteiger partial charge on any atom is -0.318 e. The summed E-state index contributed by atoms with van der Waals surface area (Å²) in [6, 6.07) is 14.4. The lowest BCUT2D eigenvalue weighted by atomic mass is 10.1. The van der Waals surface area contributed by atoms with Gasteiger partial charge in [0.25, 0.3) is 5.91 Å². The number of hydrogen-bond acceptors (Lipinski definition) is 2. The van der Waals surface area contributed by atoms with Gasteiger partial charge in [-0.05, 0) is 37.6 Å². The van der Waals surface area contributed by atoms with Gasteiger partial charge in [-0.1, -0.05) is 35.9 Å². The molecule has 140 valence electrons. The zero-order chi connectivity index (χ0) is 19.8. The fourth-order valence-corrected chi connectivity index (χ4v) is 3.05. The van der Waals surface area contributed by atoms with Crippen molar-refractivity contribution in [1.29, 1.82) is 0 Å². The van der Waals surface area contributed by atoms with Gasteiger partial charge < -0.3 is 5.32 Å². The SMILES string of the molecule is Cc1ccc(-c2nc3ccc(C)cn3c2C(=O)Nc2ccc(F)cc2F)cc1. The van der Waals surface area contributed by atoms with Crippen LogP contribution in [0.3, 0.4) is 0 Å². The Morgan fingerprint density at radius 3 is 2.39 bits per heavy atom. The summed E-state index contributed by atoms with van der Waals surface area (Å²) in [5.41, 5.74) is 4.09. The lowest BCUT2D eigenvalue weighted by molar-refractivity contribution is 0.102. The van der Waals surface area contributed by atoms with Gasteiger partial charge >= 0.3 is 0 Å². The lowest BCUT2D eigenvalue weighted by Gasteiger charge is -2.09. The highest BCUT2D eigenvalue weighted by atomic mass is 19.1. The van der Waals surface area contributed by atoms with Gasteiger partial charge in [0.1, 0.15) is 28.7 Å². The number of fused-ring (bicyclic) bond motifs is 1. The van der Waals surface area contributed by atoms with Crippen molar-refractivity contribution in [3.8, 4) is 11.3 Å². The van der Waals surface area contributed by atoms with Gasteiger partial charge in [0.15, 0.2) is 0 Å². The topological polar surface area (TPSA) is 46.4 Å². The number of anilines is 1. The van der Waals surface area contributed by atoms with Crippen LogP contribution in [-0.2, 0) is 0 Å². The first-order chi connectivity index (χ1) is 13.4. The molecule has 4 aromatic rings. The van der Waals surface area contributed by atoms with Gasteiger partial charge in [-0.15, -0.1) is 0 Å². The van der Waals surface area contributed by atoms with Crippen LogP contribution in [0, 0.1) is 25.5 Å². The smallest absolute Gasteiger partial charge is 0.275 e. The Morgan fingerprint density at radius 1 is 0.964 bits per heavy atom. The Labute approximate surface area is 160 Å². The van der Waals surface area contributed by atoms with E-state index in [0.29, 0.717) is 11.3 Å². The van der Waals surface area contributed by atoms with Gasteiger partial charge in [0.2, 0.25) is 0 Å². The van der Waals surface area contributed by atoms with Crippen LogP contribution in [0.5, 0.6) is 0 Å². The Kier molecular flexibility index (Phi) is 4.39. The predicted octanol–water partition coefficient (Wildman–Crippen LogP) is 5.15. The van der Waals surface area contributed by atoms with Gasteiger partial charge in [0.05, 0.1) is 5.69 Å². The van der Waals surface area contributed by atoms with Crippen molar-refractivity contribution in [2.24, 2.45) is 0 Å². The molecule has 2 aromatic carbocycles. The van der Waals surface area contributed by atoms with E-state index in [2.05, 4.69) is 10.3 Å². The molecule has 0 fully saturated rings. The number of aromatic nitrogens is 2. The molecule has 6 heteroatoms. The summed E-state index contributed by atoms with van der Waals surface area (Å²) >= 11 is 0. The van der Waals surface area contributed by atoms with Gasteiger partial charge in [-0.2, -0.15) is 0 Å². The number of hydrogen-bond donors (Lipinski definition) is 1. The third kappa shape index (κ3) is 3.24. The van der Waals surface area contributed by atoms with E-state index in [9.17, 15) is 13.6 Å². The molecule has 0 aliphatic rings. The number of rotatable bonds is 3. The van der Waals surface area contributed by atoms with Crippen molar-refractivity contribution in [3.63, 3.8) is 0 Å². The normalized spacial score (nSPS) is 11.0. The minimum atomic E-state index is -0.838. The molecule has 2 heterocycles. The fourth-order valence-electron chi connectivity index (χ4n) is 3.05. The predicted molar refractivity (Wildman–Crippen MR) is 104 cm³/mol. The van der Waals surface area contributed by atoms with Crippen molar-refractivity contribution < 1.29 is 13.6 Å². The van der Waals surface area contributed by atoms with Crippen LogP contribution in [0.1, 0.15) is 21.6 Å². The first-order valence-electron chi connectivity index (χ1n) is 8.74. The molecular weight excluding hydrogens is 360 g/mol. The number of carbonyl (C=O) groups is 1. The molecule has 4 rings (SSSR count). The van der Waals surface area contributed by atoms with E-state index in [-0.39, 0.29) is 11.4 Å². The third-order valence-corrected chi connectivity index (χ3v) is 4.49. The number of halogens is 2. The molecule has 4 nitrogen and oxygen atoms in total. The summed E-state index contributed by atoms with van der Waals surface area (Å²) in [4.78, 5) is 17.7. The second-order valence-electron chi connectivity index (χ2n) is 6.69. The second-order valence-corrected chi connectivity index (χ2v) is 6.69. The maximum atomic E-state index is 14.0. The molecule has 0 radical (unpaired) electrons. The van der Waals surface area contributed by atoms with Gasteiger partial charge in [0, 0.05) is 17.8 Å². The number of imidazole rings is 1. The summed E-state index contributed by atoms with van der Waals surface area (Å²) in [5, 5.41) is 2.53. The summed E-state index contributed by atoms with van der Waals surface area (Å²) in [6.45, 7) is 3.88. The van der Waals surface area contributed by atoms with E-state index in [1.165, 1.54) is 6.07 Å². The summed E-state index contributed by atoms with van der Waals surface area (Å²) in [5.74, 6) is -2.07. The monoisotopic (exact) mass is 377 g/mol.